The number of aromatic amines is 1. The molecule has 2 rings (SSSR count). The molecule has 0 saturated heterocycles. The number of unbranched alkanes of at least 4 members (excludes halogenated alkanes) is 1. The maximum absolute atomic E-state index is 11.8. The number of carbonyl (C=O) groups excluding carboxylic acids is 1. The SMILES string of the molecule is CCCCNC(=O)c1cc2ccc(C)cc2[nH]1. The van der Waals surface area contributed by atoms with Crippen molar-refractivity contribution in [2.24, 2.45) is 0 Å². The van der Waals surface area contributed by atoms with Gasteiger partial charge in [0.2, 0.25) is 0 Å². The Morgan fingerprint density at radius 3 is 2.94 bits per heavy atom. The highest BCUT2D eigenvalue weighted by Crippen LogP contribution is 2.16. The smallest absolute Gasteiger partial charge is 0.267 e. The van der Waals surface area contributed by atoms with Gasteiger partial charge in [0.1, 0.15) is 5.69 Å². The first-order valence-electron chi connectivity index (χ1n) is 6.08. The largest absolute Gasteiger partial charge is 0.351 e. The Morgan fingerprint density at radius 2 is 2.18 bits per heavy atom. The molecule has 90 valence electrons. The van der Waals surface area contributed by atoms with E-state index in [-0.39, 0.29) is 5.91 Å². The Bertz CT molecular complexity index is 528. The van der Waals surface area contributed by atoms with E-state index >= 15 is 0 Å². The normalized spacial score (nSPS) is 10.7. The number of aromatic nitrogens is 1. The van der Waals surface area contributed by atoms with E-state index in [1.807, 2.05) is 19.1 Å². The molecule has 0 unspecified atom stereocenters. The molecule has 2 N–H and O–H groups in total. The molecule has 0 spiro atoms. The lowest BCUT2D eigenvalue weighted by molar-refractivity contribution is 0.0949. The number of nitrogens with one attached hydrogen (secondary N) is 2. The fourth-order valence-corrected chi connectivity index (χ4v) is 1.84. The van der Waals surface area contributed by atoms with Gasteiger partial charge in [-0.2, -0.15) is 0 Å². The second kappa shape index (κ2) is 5.04. The molecule has 1 amide bonds. The van der Waals surface area contributed by atoms with Crippen LogP contribution < -0.4 is 5.32 Å². The first-order chi connectivity index (χ1) is 8.20. The summed E-state index contributed by atoms with van der Waals surface area (Å²) in [5.74, 6) is -0.0210. The van der Waals surface area contributed by atoms with E-state index < -0.39 is 0 Å². The van der Waals surface area contributed by atoms with E-state index in [2.05, 4.69) is 29.4 Å². The first-order valence-corrected chi connectivity index (χ1v) is 6.08. The molecule has 0 saturated carbocycles. The second-order valence-electron chi connectivity index (χ2n) is 4.38. The summed E-state index contributed by atoms with van der Waals surface area (Å²) in [7, 11) is 0. The predicted molar refractivity (Wildman–Crippen MR) is 70.3 cm³/mol. The predicted octanol–water partition coefficient (Wildman–Crippen LogP) is 3.01. The van der Waals surface area contributed by atoms with E-state index in [9.17, 15) is 4.79 Å². The summed E-state index contributed by atoms with van der Waals surface area (Å²) in [6.45, 7) is 4.89. The first kappa shape index (κ1) is 11.7. The van der Waals surface area contributed by atoms with Crippen LogP contribution in [0.15, 0.2) is 24.3 Å². The second-order valence-corrected chi connectivity index (χ2v) is 4.38. The van der Waals surface area contributed by atoms with E-state index in [1.54, 1.807) is 0 Å². The quantitative estimate of drug-likeness (QED) is 0.779. The highest BCUT2D eigenvalue weighted by molar-refractivity contribution is 5.98. The Hall–Kier alpha value is -1.77. The molecule has 0 bridgehead atoms. The average molecular weight is 230 g/mol. The van der Waals surface area contributed by atoms with Crippen molar-refractivity contribution in [2.75, 3.05) is 6.54 Å². The van der Waals surface area contributed by atoms with Crippen molar-refractivity contribution in [3.05, 3.63) is 35.5 Å². The molecular weight excluding hydrogens is 212 g/mol. The summed E-state index contributed by atoms with van der Waals surface area (Å²) in [5.41, 5.74) is 2.85. The van der Waals surface area contributed by atoms with Crippen molar-refractivity contribution in [3.8, 4) is 0 Å². The van der Waals surface area contributed by atoms with Gasteiger partial charge in [0, 0.05) is 17.4 Å². The molecule has 3 nitrogen and oxygen atoms in total. The number of fused-ring (bicyclic) bond motifs is 1. The fraction of sp³-hybridized carbons (Fsp3) is 0.357. The molecule has 3 heteroatoms. The van der Waals surface area contributed by atoms with Crippen LogP contribution in [0.4, 0.5) is 0 Å². The highest BCUT2D eigenvalue weighted by Gasteiger charge is 2.08. The van der Waals surface area contributed by atoms with Crippen LogP contribution in [-0.2, 0) is 0 Å². The van der Waals surface area contributed by atoms with Gasteiger partial charge in [-0.3, -0.25) is 4.79 Å². The Labute approximate surface area is 101 Å². The van der Waals surface area contributed by atoms with Gasteiger partial charge in [-0.1, -0.05) is 25.5 Å². The molecule has 0 aliphatic heterocycles. The molecule has 0 atom stereocenters. The lowest BCUT2D eigenvalue weighted by Crippen LogP contribution is -2.24. The lowest BCUT2D eigenvalue weighted by atomic mass is 10.2. The minimum atomic E-state index is -0.0210. The molecule has 0 fully saturated rings. The summed E-state index contributed by atoms with van der Waals surface area (Å²) in [6.07, 6.45) is 2.11. The molecule has 1 aromatic carbocycles. The fourth-order valence-electron chi connectivity index (χ4n) is 1.84. The number of carbonyl (C=O) groups is 1. The van der Waals surface area contributed by atoms with Crippen molar-refractivity contribution in [2.45, 2.75) is 26.7 Å². The highest BCUT2D eigenvalue weighted by atomic mass is 16.1. The van der Waals surface area contributed by atoms with E-state index in [4.69, 9.17) is 0 Å². The number of rotatable bonds is 4. The maximum Gasteiger partial charge on any atom is 0.267 e. The summed E-state index contributed by atoms with van der Waals surface area (Å²) >= 11 is 0. The third kappa shape index (κ3) is 2.67. The maximum atomic E-state index is 11.8. The van der Waals surface area contributed by atoms with Crippen LogP contribution in [0, 0.1) is 6.92 Å². The zero-order valence-electron chi connectivity index (χ0n) is 10.3. The van der Waals surface area contributed by atoms with Crippen LogP contribution in [0.3, 0.4) is 0 Å². The molecule has 0 radical (unpaired) electrons. The Kier molecular flexibility index (Phi) is 3.47. The monoisotopic (exact) mass is 230 g/mol. The van der Waals surface area contributed by atoms with Gasteiger partial charge in [-0.05, 0) is 31.0 Å². The number of amides is 1. The van der Waals surface area contributed by atoms with Crippen molar-refractivity contribution in [3.63, 3.8) is 0 Å². The van der Waals surface area contributed by atoms with Gasteiger partial charge in [-0.15, -0.1) is 0 Å². The number of hydrogen-bond donors (Lipinski definition) is 2. The van der Waals surface area contributed by atoms with Crippen LogP contribution in [0.25, 0.3) is 10.9 Å². The Balaban J connectivity index is 2.15. The summed E-state index contributed by atoms with van der Waals surface area (Å²) < 4.78 is 0. The molecular formula is C14H18N2O. The summed E-state index contributed by atoms with van der Waals surface area (Å²) in [4.78, 5) is 15.0. The van der Waals surface area contributed by atoms with Crippen molar-refractivity contribution in [1.82, 2.24) is 10.3 Å². The zero-order chi connectivity index (χ0) is 12.3. The summed E-state index contributed by atoms with van der Waals surface area (Å²) in [6, 6.07) is 8.03. The molecule has 0 aliphatic rings. The number of aryl methyl sites for hydroxylation is 1. The molecule has 0 aliphatic carbocycles. The minimum Gasteiger partial charge on any atom is -0.351 e. The van der Waals surface area contributed by atoms with Gasteiger partial charge in [0.15, 0.2) is 0 Å². The van der Waals surface area contributed by atoms with Gasteiger partial charge < -0.3 is 10.3 Å². The number of benzene rings is 1. The van der Waals surface area contributed by atoms with E-state index in [1.165, 1.54) is 5.56 Å². The van der Waals surface area contributed by atoms with Crippen molar-refractivity contribution < 1.29 is 4.79 Å². The number of H-pyrrole nitrogens is 1. The van der Waals surface area contributed by atoms with Crippen molar-refractivity contribution in [1.29, 1.82) is 0 Å². The van der Waals surface area contributed by atoms with Gasteiger partial charge in [0.05, 0.1) is 0 Å². The lowest BCUT2D eigenvalue weighted by Gasteiger charge is -2.01. The minimum absolute atomic E-state index is 0.0210. The van der Waals surface area contributed by atoms with Gasteiger partial charge in [-0.25, -0.2) is 0 Å². The van der Waals surface area contributed by atoms with Crippen LogP contribution in [-0.4, -0.2) is 17.4 Å². The van der Waals surface area contributed by atoms with Crippen LogP contribution in [0.1, 0.15) is 35.8 Å². The van der Waals surface area contributed by atoms with Crippen molar-refractivity contribution >= 4 is 16.8 Å². The molecule has 1 aromatic heterocycles. The Morgan fingerprint density at radius 1 is 1.35 bits per heavy atom. The molecule has 17 heavy (non-hydrogen) atoms. The van der Waals surface area contributed by atoms with E-state index in [0.29, 0.717) is 5.69 Å². The third-order valence-corrected chi connectivity index (χ3v) is 2.84. The number of hydrogen-bond acceptors (Lipinski definition) is 1. The zero-order valence-corrected chi connectivity index (χ0v) is 10.3. The standard InChI is InChI=1S/C14H18N2O/c1-3-4-7-15-14(17)13-9-11-6-5-10(2)8-12(11)16-13/h5-6,8-9,16H,3-4,7H2,1-2H3,(H,15,17). The van der Waals surface area contributed by atoms with Gasteiger partial charge >= 0.3 is 0 Å². The average Bonchev–Trinajstić information content (AvgIpc) is 2.72. The van der Waals surface area contributed by atoms with Crippen LogP contribution in [0.5, 0.6) is 0 Å². The molecule has 2 aromatic rings. The van der Waals surface area contributed by atoms with Gasteiger partial charge in [0.25, 0.3) is 5.91 Å². The summed E-state index contributed by atoms with van der Waals surface area (Å²) in [5, 5.41) is 3.99. The molecule has 1 heterocycles. The van der Waals surface area contributed by atoms with Crippen LogP contribution >= 0.6 is 0 Å². The van der Waals surface area contributed by atoms with E-state index in [0.717, 1.165) is 30.3 Å². The third-order valence-electron chi connectivity index (χ3n) is 2.84. The van der Waals surface area contributed by atoms with Crippen LogP contribution in [0.2, 0.25) is 0 Å². The topological polar surface area (TPSA) is 44.9 Å².